The Morgan fingerprint density at radius 2 is 1.94 bits per heavy atom. The predicted octanol–water partition coefficient (Wildman–Crippen LogP) is 2.73. The van der Waals surface area contributed by atoms with Gasteiger partial charge in [-0.05, 0) is 24.7 Å². The van der Waals surface area contributed by atoms with Crippen LogP contribution in [0.4, 0.5) is 0 Å². The van der Waals surface area contributed by atoms with E-state index in [1.807, 2.05) is 0 Å². The lowest BCUT2D eigenvalue weighted by Crippen LogP contribution is -2.35. The molecule has 0 heterocycles. The molecule has 0 aromatic rings. The summed E-state index contributed by atoms with van der Waals surface area (Å²) in [6, 6.07) is 0. The van der Waals surface area contributed by atoms with E-state index >= 15 is 0 Å². The maximum Gasteiger partial charge on any atom is 0.223 e. The van der Waals surface area contributed by atoms with Crippen molar-refractivity contribution < 1.29 is 9.90 Å². The molecule has 0 radical (unpaired) electrons. The summed E-state index contributed by atoms with van der Waals surface area (Å²) in [5.41, 5.74) is 0. The highest BCUT2D eigenvalue weighted by Gasteiger charge is 2.26. The van der Waals surface area contributed by atoms with Crippen molar-refractivity contribution in [2.45, 2.75) is 58.8 Å². The zero-order chi connectivity index (χ0) is 13.4. The summed E-state index contributed by atoms with van der Waals surface area (Å²) in [6.07, 6.45) is 8.33. The van der Waals surface area contributed by atoms with Crippen molar-refractivity contribution in [3.05, 3.63) is 0 Å². The van der Waals surface area contributed by atoms with Gasteiger partial charge in [0.05, 0.1) is 0 Å². The first kappa shape index (κ1) is 15.5. The van der Waals surface area contributed by atoms with Crippen LogP contribution >= 0.6 is 0 Å². The standard InChI is InChI=1S/C15H29NO2/c1-12(2)14(15(18)16-9-6-10-17)11-13-7-4-3-5-8-13/h12-14,17H,3-11H2,1-2H3,(H,16,18). The predicted molar refractivity (Wildman–Crippen MR) is 74.2 cm³/mol. The second-order valence-electron chi connectivity index (χ2n) is 5.96. The quantitative estimate of drug-likeness (QED) is 0.687. The number of rotatable bonds is 7. The molecule has 1 amide bonds. The SMILES string of the molecule is CC(C)C(CC1CCCCC1)C(=O)NCCCO. The van der Waals surface area contributed by atoms with Crippen molar-refractivity contribution in [1.29, 1.82) is 0 Å². The van der Waals surface area contributed by atoms with E-state index in [4.69, 9.17) is 5.11 Å². The van der Waals surface area contributed by atoms with Crippen LogP contribution in [0, 0.1) is 17.8 Å². The summed E-state index contributed by atoms with van der Waals surface area (Å²) in [7, 11) is 0. The lowest BCUT2D eigenvalue weighted by atomic mass is 9.79. The Bertz CT molecular complexity index is 235. The summed E-state index contributed by atoms with van der Waals surface area (Å²) in [5.74, 6) is 1.48. The molecule has 0 aromatic heterocycles. The Morgan fingerprint density at radius 1 is 1.28 bits per heavy atom. The van der Waals surface area contributed by atoms with Gasteiger partial charge in [0.1, 0.15) is 0 Å². The molecular weight excluding hydrogens is 226 g/mol. The minimum atomic E-state index is 0.145. The minimum absolute atomic E-state index is 0.145. The van der Waals surface area contributed by atoms with E-state index in [1.54, 1.807) is 0 Å². The average molecular weight is 255 g/mol. The molecule has 1 aliphatic carbocycles. The Labute approximate surface area is 111 Å². The molecule has 1 rings (SSSR count). The van der Waals surface area contributed by atoms with Crippen molar-refractivity contribution in [2.24, 2.45) is 17.8 Å². The number of amides is 1. The average Bonchev–Trinajstić information content (AvgIpc) is 2.37. The number of carbonyl (C=O) groups is 1. The molecular formula is C15H29NO2. The van der Waals surface area contributed by atoms with E-state index in [9.17, 15) is 4.79 Å². The number of carbonyl (C=O) groups excluding carboxylic acids is 1. The van der Waals surface area contributed by atoms with Crippen LogP contribution in [0.15, 0.2) is 0 Å². The van der Waals surface area contributed by atoms with E-state index < -0.39 is 0 Å². The van der Waals surface area contributed by atoms with Gasteiger partial charge in [-0.15, -0.1) is 0 Å². The summed E-state index contributed by atoms with van der Waals surface area (Å²) >= 11 is 0. The van der Waals surface area contributed by atoms with Crippen LogP contribution < -0.4 is 5.32 Å². The highest BCUT2D eigenvalue weighted by atomic mass is 16.3. The molecule has 0 aliphatic heterocycles. The third-order valence-electron chi connectivity index (χ3n) is 4.09. The first-order valence-electron chi connectivity index (χ1n) is 7.53. The number of aliphatic hydroxyl groups excluding tert-OH is 1. The Balaban J connectivity index is 2.39. The van der Waals surface area contributed by atoms with Gasteiger partial charge in [0, 0.05) is 19.1 Å². The normalized spacial score (nSPS) is 18.9. The second kappa shape index (κ2) is 8.52. The molecule has 0 spiro atoms. The minimum Gasteiger partial charge on any atom is -0.396 e. The van der Waals surface area contributed by atoms with Gasteiger partial charge in [-0.3, -0.25) is 4.79 Å². The van der Waals surface area contributed by atoms with Crippen LogP contribution in [-0.4, -0.2) is 24.2 Å². The zero-order valence-corrected chi connectivity index (χ0v) is 12.0. The van der Waals surface area contributed by atoms with Crippen molar-refractivity contribution in [3.63, 3.8) is 0 Å². The fourth-order valence-corrected chi connectivity index (χ4v) is 2.89. The maximum atomic E-state index is 12.1. The highest BCUT2D eigenvalue weighted by molar-refractivity contribution is 5.78. The van der Waals surface area contributed by atoms with Crippen LogP contribution in [0.25, 0.3) is 0 Å². The van der Waals surface area contributed by atoms with Gasteiger partial charge in [-0.25, -0.2) is 0 Å². The highest BCUT2D eigenvalue weighted by Crippen LogP contribution is 2.31. The fourth-order valence-electron chi connectivity index (χ4n) is 2.89. The number of aliphatic hydroxyl groups is 1. The Morgan fingerprint density at radius 3 is 2.50 bits per heavy atom. The van der Waals surface area contributed by atoms with Crippen LogP contribution in [0.1, 0.15) is 58.8 Å². The molecule has 3 heteroatoms. The van der Waals surface area contributed by atoms with Crippen molar-refractivity contribution in [3.8, 4) is 0 Å². The van der Waals surface area contributed by atoms with Gasteiger partial charge in [0.2, 0.25) is 5.91 Å². The Hall–Kier alpha value is -0.570. The van der Waals surface area contributed by atoms with Crippen LogP contribution in [0.5, 0.6) is 0 Å². The summed E-state index contributed by atoms with van der Waals surface area (Å²) in [6.45, 7) is 5.02. The largest absolute Gasteiger partial charge is 0.396 e. The first-order valence-corrected chi connectivity index (χ1v) is 7.53. The molecule has 106 valence electrons. The first-order chi connectivity index (χ1) is 8.65. The molecule has 1 aliphatic rings. The second-order valence-corrected chi connectivity index (χ2v) is 5.96. The lowest BCUT2D eigenvalue weighted by Gasteiger charge is -2.28. The van der Waals surface area contributed by atoms with Gasteiger partial charge < -0.3 is 10.4 Å². The van der Waals surface area contributed by atoms with E-state index in [0.29, 0.717) is 18.9 Å². The Kier molecular flexibility index (Phi) is 7.33. The smallest absolute Gasteiger partial charge is 0.223 e. The number of hydrogen-bond donors (Lipinski definition) is 2. The van der Waals surface area contributed by atoms with E-state index in [1.165, 1.54) is 32.1 Å². The number of nitrogens with one attached hydrogen (secondary N) is 1. The van der Waals surface area contributed by atoms with Crippen molar-refractivity contribution in [2.75, 3.05) is 13.2 Å². The molecule has 0 saturated heterocycles. The number of hydrogen-bond acceptors (Lipinski definition) is 2. The molecule has 3 nitrogen and oxygen atoms in total. The summed E-state index contributed by atoms with van der Waals surface area (Å²) < 4.78 is 0. The van der Waals surface area contributed by atoms with Crippen LogP contribution in [0.2, 0.25) is 0 Å². The molecule has 1 atom stereocenters. The van der Waals surface area contributed by atoms with Crippen molar-refractivity contribution in [1.82, 2.24) is 5.32 Å². The molecule has 18 heavy (non-hydrogen) atoms. The summed E-state index contributed by atoms with van der Waals surface area (Å²) in [4.78, 5) is 12.1. The maximum absolute atomic E-state index is 12.1. The topological polar surface area (TPSA) is 49.3 Å². The molecule has 0 aromatic carbocycles. The molecule has 1 unspecified atom stereocenters. The molecule has 0 bridgehead atoms. The van der Waals surface area contributed by atoms with Crippen LogP contribution in [-0.2, 0) is 4.79 Å². The molecule has 2 N–H and O–H groups in total. The van der Waals surface area contributed by atoms with Gasteiger partial charge >= 0.3 is 0 Å². The van der Waals surface area contributed by atoms with Gasteiger partial charge in [-0.2, -0.15) is 0 Å². The molecule has 1 fully saturated rings. The fraction of sp³-hybridized carbons (Fsp3) is 0.933. The zero-order valence-electron chi connectivity index (χ0n) is 12.0. The van der Waals surface area contributed by atoms with E-state index in [0.717, 1.165) is 12.3 Å². The third-order valence-corrected chi connectivity index (χ3v) is 4.09. The van der Waals surface area contributed by atoms with Gasteiger partial charge in [0.15, 0.2) is 0 Å². The lowest BCUT2D eigenvalue weighted by molar-refractivity contribution is -0.127. The van der Waals surface area contributed by atoms with Gasteiger partial charge in [0.25, 0.3) is 0 Å². The monoisotopic (exact) mass is 255 g/mol. The van der Waals surface area contributed by atoms with E-state index in [-0.39, 0.29) is 18.4 Å². The third kappa shape index (κ3) is 5.38. The van der Waals surface area contributed by atoms with Crippen molar-refractivity contribution >= 4 is 5.91 Å². The van der Waals surface area contributed by atoms with Gasteiger partial charge in [-0.1, -0.05) is 46.0 Å². The van der Waals surface area contributed by atoms with Crippen LogP contribution in [0.3, 0.4) is 0 Å². The summed E-state index contributed by atoms with van der Waals surface area (Å²) in [5, 5.41) is 11.7. The van der Waals surface area contributed by atoms with E-state index in [2.05, 4.69) is 19.2 Å². The molecule has 1 saturated carbocycles.